The van der Waals surface area contributed by atoms with Crippen molar-refractivity contribution >= 4 is 11.7 Å². The van der Waals surface area contributed by atoms with Crippen LogP contribution in [0.25, 0.3) is 0 Å². The number of nitrogens with two attached hydrogens (primary N) is 1. The third-order valence-corrected chi connectivity index (χ3v) is 3.26. The van der Waals surface area contributed by atoms with Crippen molar-refractivity contribution in [1.82, 2.24) is 5.32 Å². The molecule has 5 heteroatoms. The topological polar surface area (TPSA) is 87.7 Å². The fraction of sp³-hybridized carbons (Fsp3) is 0.833. The quantitative estimate of drug-likeness (QED) is 0.230. The molecule has 0 spiro atoms. The number of amides is 1. The zero-order valence-electron chi connectivity index (χ0n) is 10.5. The van der Waals surface area contributed by atoms with E-state index in [4.69, 9.17) is 10.9 Å². The fourth-order valence-electron chi connectivity index (χ4n) is 2.31. The van der Waals surface area contributed by atoms with E-state index in [0.717, 1.165) is 25.7 Å². The summed E-state index contributed by atoms with van der Waals surface area (Å²) in [4.78, 5) is 12.0. The van der Waals surface area contributed by atoms with Crippen molar-refractivity contribution in [2.45, 2.75) is 57.9 Å². The minimum absolute atomic E-state index is 0.0818. The van der Waals surface area contributed by atoms with Crippen LogP contribution in [0.1, 0.15) is 51.9 Å². The molecule has 0 aromatic carbocycles. The predicted molar refractivity (Wildman–Crippen MR) is 66.8 cm³/mol. The van der Waals surface area contributed by atoms with E-state index in [1.54, 1.807) is 0 Å². The second-order valence-corrected chi connectivity index (χ2v) is 4.89. The van der Waals surface area contributed by atoms with Crippen molar-refractivity contribution in [3.8, 4) is 0 Å². The van der Waals surface area contributed by atoms with E-state index in [1.807, 2.05) is 6.92 Å². The summed E-state index contributed by atoms with van der Waals surface area (Å²) in [5.41, 5.74) is 5.40. The van der Waals surface area contributed by atoms with Gasteiger partial charge in [-0.15, -0.1) is 0 Å². The third-order valence-electron chi connectivity index (χ3n) is 3.26. The van der Waals surface area contributed by atoms with Gasteiger partial charge in [0.1, 0.15) is 5.84 Å². The largest absolute Gasteiger partial charge is 0.409 e. The van der Waals surface area contributed by atoms with E-state index < -0.39 is 0 Å². The van der Waals surface area contributed by atoms with Crippen molar-refractivity contribution in [2.75, 3.05) is 0 Å². The van der Waals surface area contributed by atoms with Crippen molar-refractivity contribution in [1.29, 1.82) is 0 Å². The summed E-state index contributed by atoms with van der Waals surface area (Å²) in [7, 11) is 0. The predicted octanol–water partition coefficient (Wildman–Crippen LogP) is 1.60. The lowest BCUT2D eigenvalue weighted by atomic mass is 9.99. The van der Waals surface area contributed by atoms with E-state index in [0.29, 0.717) is 6.42 Å². The van der Waals surface area contributed by atoms with Crippen LogP contribution in [0, 0.1) is 5.92 Å². The standard InChI is InChI=1S/C12H23N3O2/c1-9(8-11(13)15-17)14-12(16)10-6-4-2-3-5-7-10/h9-10,17H,2-8H2,1H3,(H2,13,15)(H,14,16). The number of hydrogen-bond acceptors (Lipinski definition) is 3. The van der Waals surface area contributed by atoms with E-state index in [1.165, 1.54) is 12.8 Å². The van der Waals surface area contributed by atoms with E-state index in [-0.39, 0.29) is 23.7 Å². The molecule has 1 unspecified atom stereocenters. The highest BCUT2D eigenvalue weighted by atomic mass is 16.4. The highest BCUT2D eigenvalue weighted by Gasteiger charge is 2.21. The minimum Gasteiger partial charge on any atom is -0.409 e. The van der Waals surface area contributed by atoms with Gasteiger partial charge in [0.2, 0.25) is 5.91 Å². The van der Waals surface area contributed by atoms with Crippen molar-refractivity contribution < 1.29 is 10.0 Å². The van der Waals surface area contributed by atoms with Gasteiger partial charge in [-0.2, -0.15) is 0 Å². The third kappa shape index (κ3) is 5.06. The fourth-order valence-corrected chi connectivity index (χ4v) is 2.31. The SMILES string of the molecule is CC(CC(N)=NO)NC(=O)C1CCCCCC1. The first kappa shape index (κ1) is 13.8. The van der Waals surface area contributed by atoms with Crippen LogP contribution >= 0.6 is 0 Å². The van der Waals surface area contributed by atoms with Gasteiger partial charge in [0, 0.05) is 18.4 Å². The molecule has 17 heavy (non-hydrogen) atoms. The van der Waals surface area contributed by atoms with Gasteiger partial charge >= 0.3 is 0 Å². The Kier molecular flexibility index (Phi) is 5.80. The molecule has 98 valence electrons. The molecule has 1 atom stereocenters. The maximum absolute atomic E-state index is 12.0. The summed E-state index contributed by atoms with van der Waals surface area (Å²) >= 11 is 0. The zero-order valence-corrected chi connectivity index (χ0v) is 10.5. The molecule has 0 aromatic rings. The summed E-state index contributed by atoms with van der Waals surface area (Å²) < 4.78 is 0. The average molecular weight is 241 g/mol. The van der Waals surface area contributed by atoms with E-state index >= 15 is 0 Å². The summed E-state index contributed by atoms with van der Waals surface area (Å²) in [5, 5.41) is 14.3. The van der Waals surface area contributed by atoms with Crippen LogP contribution in [0.15, 0.2) is 5.16 Å². The number of carbonyl (C=O) groups excluding carboxylic acids is 1. The van der Waals surface area contributed by atoms with Gasteiger partial charge in [-0.1, -0.05) is 30.8 Å². The van der Waals surface area contributed by atoms with Crippen LogP contribution in [0.4, 0.5) is 0 Å². The monoisotopic (exact) mass is 241 g/mol. The van der Waals surface area contributed by atoms with E-state index in [9.17, 15) is 4.79 Å². The Morgan fingerprint density at radius 1 is 1.41 bits per heavy atom. The highest BCUT2D eigenvalue weighted by Crippen LogP contribution is 2.23. The van der Waals surface area contributed by atoms with Gasteiger partial charge in [0.15, 0.2) is 0 Å². The minimum atomic E-state index is -0.0818. The summed E-state index contributed by atoms with van der Waals surface area (Å²) in [6, 6.07) is -0.0818. The van der Waals surface area contributed by atoms with Crippen molar-refractivity contribution in [3.63, 3.8) is 0 Å². The Hall–Kier alpha value is -1.26. The Labute approximate surface area is 102 Å². The molecule has 1 aliphatic carbocycles. The van der Waals surface area contributed by atoms with Crippen molar-refractivity contribution in [3.05, 3.63) is 0 Å². The molecule has 4 N–H and O–H groups in total. The molecule has 1 saturated carbocycles. The number of nitrogens with one attached hydrogen (secondary N) is 1. The molecule has 1 fully saturated rings. The molecule has 1 aliphatic rings. The van der Waals surface area contributed by atoms with Gasteiger partial charge in [-0.25, -0.2) is 0 Å². The Morgan fingerprint density at radius 3 is 2.53 bits per heavy atom. The van der Waals surface area contributed by atoms with Crippen LogP contribution < -0.4 is 11.1 Å². The van der Waals surface area contributed by atoms with Gasteiger partial charge in [0.25, 0.3) is 0 Å². The number of rotatable bonds is 4. The smallest absolute Gasteiger partial charge is 0.223 e. The average Bonchev–Trinajstić information content (AvgIpc) is 2.57. The molecule has 0 radical (unpaired) electrons. The molecular weight excluding hydrogens is 218 g/mol. The molecule has 0 saturated heterocycles. The highest BCUT2D eigenvalue weighted by molar-refractivity contribution is 5.82. The Morgan fingerprint density at radius 2 is 2.00 bits per heavy atom. The summed E-state index contributed by atoms with van der Waals surface area (Å²) in [6.07, 6.45) is 7.13. The molecular formula is C12H23N3O2. The second kappa shape index (κ2) is 7.14. The summed E-state index contributed by atoms with van der Waals surface area (Å²) in [5.74, 6) is 0.413. The number of amidine groups is 1. The molecule has 1 amide bonds. The number of hydrogen-bond donors (Lipinski definition) is 3. The van der Waals surface area contributed by atoms with Gasteiger partial charge in [0.05, 0.1) is 0 Å². The lowest BCUT2D eigenvalue weighted by molar-refractivity contribution is -0.125. The molecule has 0 aliphatic heterocycles. The first-order valence-electron chi connectivity index (χ1n) is 6.40. The van der Waals surface area contributed by atoms with Crippen molar-refractivity contribution in [2.24, 2.45) is 16.8 Å². The normalized spacial score (nSPS) is 20.6. The second-order valence-electron chi connectivity index (χ2n) is 4.89. The zero-order chi connectivity index (χ0) is 12.7. The van der Waals surface area contributed by atoms with E-state index in [2.05, 4.69) is 10.5 Å². The molecule has 5 nitrogen and oxygen atoms in total. The molecule has 0 bridgehead atoms. The number of carbonyl (C=O) groups is 1. The molecule has 0 heterocycles. The van der Waals surface area contributed by atoms with Gasteiger partial charge in [-0.3, -0.25) is 4.79 Å². The Balaban J connectivity index is 2.36. The summed E-state index contributed by atoms with van der Waals surface area (Å²) in [6.45, 7) is 1.87. The maximum atomic E-state index is 12.0. The number of nitrogens with zero attached hydrogens (tertiary/aromatic N) is 1. The number of oxime groups is 1. The van der Waals surface area contributed by atoms with Crippen LogP contribution in [-0.4, -0.2) is 23.0 Å². The Bertz CT molecular complexity index is 271. The van der Waals surface area contributed by atoms with Crippen LogP contribution in [-0.2, 0) is 4.79 Å². The first-order chi connectivity index (χ1) is 8.13. The van der Waals surface area contributed by atoms with Gasteiger partial charge < -0.3 is 16.3 Å². The van der Waals surface area contributed by atoms with Crippen LogP contribution in [0.5, 0.6) is 0 Å². The van der Waals surface area contributed by atoms with Crippen LogP contribution in [0.2, 0.25) is 0 Å². The molecule has 1 rings (SSSR count). The lowest BCUT2D eigenvalue weighted by Gasteiger charge is -2.18. The maximum Gasteiger partial charge on any atom is 0.223 e. The van der Waals surface area contributed by atoms with Crippen LogP contribution in [0.3, 0.4) is 0 Å². The lowest BCUT2D eigenvalue weighted by Crippen LogP contribution is -2.39. The van der Waals surface area contributed by atoms with Gasteiger partial charge in [-0.05, 0) is 19.8 Å². The first-order valence-corrected chi connectivity index (χ1v) is 6.40. The molecule has 0 aromatic heterocycles.